The maximum atomic E-state index is 11.5. The number of carbonyl (C=O) groups excluding carboxylic acids is 1. The van der Waals surface area contributed by atoms with Crippen molar-refractivity contribution in [3.8, 4) is 11.5 Å². The third-order valence-corrected chi connectivity index (χ3v) is 3.14. The summed E-state index contributed by atoms with van der Waals surface area (Å²) in [6.07, 6.45) is 0. The molecule has 0 aliphatic carbocycles. The second kappa shape index (κ2) is 11.3. The molecule has 0 fully saturated rings. The van der Waals surface area contributed by atoms with E-state index in [2.05, 4.69) is 10.6 Å². The molecular formula is C18H23ClN2O3. The smallest absolute Gasteiger partial charge is 0.257 e. The lowest BCUT2D eigenvalue weighted by molar-refractivity contribution is -0.123. The van der Waals surface area contributed by atoms with Crippen molar-refractivity contribution in [1.29, 1.82) is 0 Å². The van der Waals surface area contributed by atoms with Gasteiger partial charge in [0.1, 0.15) is 18.1 Å². The zero-order chi connectivity index (χ0) is 16.3. The Hall–Kier alpha value is -2.24. The minimum atomic E-state index is -0.135. The molecule has 0 radical (unpaired) electrons. The molecule has 0 aliphatic heterocycles. The summed E-state index contributed by atoms with van der Waals surface area (Å²) in [5.41, 5.74) is 1.12. The van der Waals surface area contributed by atoms with Crippen LogP contribution in [0.2, 0.25) is 0 Å². The Kier molecular flexibility index (Phi) is 9.34. The number of ether oxygens (including phenoxy) is 2. The van der Waals surface area contributed by atoms with Gasteiger partial charge in [0.2, 0.25) is 0 Å². The SMILES string of the molecule is CNCCNC(=O)COc1ccc(OCc2ccccc2)cc1.Cl. The van der Waals surface area contributed by atoms with Crippen LogP contribution in [-0.4, -0.2) is 32.7 Å². The average Bonchev–Trinajstić information content (AvgIpc) is 2.60. The Morgan fingerprint density at radius 3 is 2.17 bits per heavy atom. The van der Waals surface area contributed by atoms with E-state index < -0.39 is 0 Å². The molecule has 2 rings (SSSR count). The zero-order valence-electron chi connectivity index (χ0n) is 13.7. The van der Waals surface area contributed by atoms with Gasteiger partial charge in [-0.3, -0.25) is 4.79 Å². The van der Waals surface area contributed by atoms with Gasteiger partial charge in [-0.2, -0.15) is 0 Å². The van der Waals surface area contributed by atoms with E-state index in [-0.39, 0.29) is 24.9 Å². The van der Waals surface area contributed by atoms with Crippen LogP contribution >= 0.6 is 12.4 Å². The number of hydrogen-bond acceptors (Lipinski definition) is 4. The standard InChI is InChI=1S/C18H22N2O3.ClH/c1-19-11-12-20-18(21)14-23-17-9-7-16(8-10-17)22-13-15-5-3-2-4-6-15;/h2-10,19H,11-14H2,1H3,(H,20,21);1H. The monoisotopic (exact) mass is 350 g/mol. The van der Waals surface area contributed by atoms with Crippen LogP contribution in [0.3, 0.4) is 0 Å². The van der Waals surface area contributed by atoms with Gasteiger partial charge in [-0.1, -0.05) is 30.3 Å². The molecule has 0 aromatic heterocycles. The normalized spacial score (nSPS) is 9.71. The van der Waals surface area contributed by atoms with Crippen molar-refractivity contribution >= 4 is 18.3 Å². The second-order valence-electron chi connectivity index (χ2n) is 4.99. The highest BCUT2D eigenvalue weighted by Gasteiger charge is 2.02. The topological polar surface area (TPSA) is 59.6 Å². The molecule has 0 saturated carbocycles. The highest BCUT2D eigenvalue weighted by atomic mass is 35.5. The van der Waals surface area contributed by atoms with E-state index in [0.717, 1.165) is 17.9 Å². The fourth-order valence-corrected chi connectivity index (χ4v) is 1.90. The van der Waals surface area contributed by atoms with Gasteiger partial charge in [-0.25, -0.2) is 0 Å². The Labute approximate surface area is 148 Å². The summed E-state index contributed by atoms with van der Waals surface area (Å²) < 4.78 is 11.1. The van der Waals surface area contributed by atoms with Gasteiger partial charge in [-0.15, -0.1) is 12.4 Å². The molecule has 0 saturated heterocycles. The molecule has 6 heteroatoms. The Morgan fingerprint density at radius 1 is 0.917 bits per heavy atom. The fraction of sp³-hybridized carbons (Fsp3) is 0.278. The highest BCUT2D eigenvalue weighted by Crippen LogP contribution is 2.18. The van der Waals surface area contributed by atoms with Crippen LogP contribution in [-0.2, 0) is 11.4 Å². The number of rotatable bonds is 9. The Morgan fingerprint density at radius 2 is 1.54 bits per heavy atom. The van der Waals surface area contributed by atoms with E-state index in [1.165, 1.54) is 0 Å². The number of likely N-dealkylation sites (N-methyl/N-ethyl adjacent to an activating group) is 1. The van der Waals surface area contributed by atoms with Crippen LogP contribution in [0.1, 0.15) is 5.56 Å². The number of hydrogen-bond donors (Lipinski definition) is 2. The largest absolute Gasteiger partial charge is 0.489 e. The first kappa shape index (κ1) is 19.8. The summed E-state index contributed by atoms with van der Waals surface area (Å²) >= 11 is 0. The fourth-order valence-electron chi connectivity index (χ4n) is 1.90. The van der Waals surface area contributed by atoms with Gasteiger partial charge in [0, 0.05) is 13.1 Å². The van der Waals surface area contributed by atoms with E-state index in [1.54, 1.807) is 12.1 Å². The van der Waals surface area contributed by atoms with Crippen LogP contribution in [0.5, 0.6) is 11.5 Å². The van der Waals surface area contributed by atoms with Crippen molar-refractivity contribution in [2.75, 3.05) is 26.7 Å². The molecule has 24 heavy (non-hydrogen) atoms. The molecule has 2 N–H and O–H groups in total. The van der Waals surface area contributed by atoms with Gasteiger partial charge >= 0.3 is 0 Å². The number of amides is 1. The number of nitrogens with one attached hydrogen (secondary N) is 2. The highest BCUT2D eigenvalue weighted by molar-refractivity contribution is 5.85. The van der Waals surface area contributed by atoms with Crippen LogP contribution in [0.15, 0.2) is 54.6 Å². The summed E-state index contributed by atoms with van der Waals surface area (Å²) in [5, 5.41) is 5.71. The summed E-state index contributed by atoms with van der Waals surface area (Å²) in [5.74, 6) is 1.27. The molecule has 0 bridgehead atoms. The Balaban J connectivity index is 0.00000288. The van der Waals surface area contributed by atoms with Crippen LogP contribution in [0, 0.1) is 0 Å². The molecule has 2 aromatic carbocycles. The minimum absolute atomic E-state index is 0. The lowest BCUT2D eigenvalue weighted by Gasteiger charge is -2.09. The molecule has 0 heterocycles. The van der Waals surface area contributed by atoms with Crippen LogP contribution in [0.25, 0.3) is 0 Å². The van der Waals surface area contributed by atoms with E-state index >= 15 is 0 Å². The molecule has 1 amide bonds. The maximum Gasteiger partial charge on any atom is 0.257 e. The predicted molar refractivity (Wildman–Crippen MR) is 96.9 cm³/mol. The maximum absolute atomic E-state index is 11.5. The summed E-state index contributed by atoms with van der Waals surface area (Å²) in [7, 11) is 1.84. The second-order valence-corrected chi connectivity index (χ2v) is 4.99. The van der Waals surface area contributed by atoms with Gasteiger partial charge in [0.25, 0.3) is 5.91 Å². The van der Waals surface area contributed by atoms with Crippen LogP contribution < -0.4 is 20.1 Å². The first-order valence-electron chi connectivity index (χ1n) is 7.59. The molecule has 0 spiro atoms. The first-order chi connectivity index (χ1) is 11.3. The van der Waals surface area contributed by atoms with Gasteiger partial charge in [0.15, 0.2) is 6.61 Å². The minimum Gasteiger partial charge on any atom is -0.489 e. The molecule has 5 nitrogen and oxygen atoms in total. The number of benzene rings is 2. The Bertz CT molecular complexity index is 591. The number of halogens is 1. The van der Waals surface area contributed by atoms with Gasteiger partial charge in [0.05, 0.1) is 0 Å². The predicted octanol–water partition coefficient (Wildman–Crippen LogP) is 2.40. The van der Waals surface area contributed by atoms with E-state index in [0.29, 0.717) is 18.9 Å². The van der Waals surface area contributed by atoms with Crippen molar-refractivity contribution in [2.24, 2.45) is 0 Å². The number of carbonyl (C=O) groups is 1. The third-order valence-electron chi connectivity index (χ3n) is 3.14. The zero-order valence-corrected chi connectivity index (χ0v) is 14.5. The van der Waals surface area contributed by atoms with E-state index in [9.17, 15) is 4.79 Å². The molecule has 0 atom stereocenters. The van der Waals surface area contributed by atoms with Gasteiger partial charge in [-0.05, 0) is 36.9 Å². The molecular weight excluding hydrogens is 328 g/mol. The van der Waals surface area contributed by atoms with Crippen LogP contribution in [0.4, 0.5) is 0 Å². The summed E-state index contributed by atoms with van der Waals surface area (Å²) in [4.78, 5) is 11.5. The van der Waals surface area contributed by atoms with Crippen molar-refractivity contribution in [1.82, 2.24) is 10.6 Å². The molecule has 2 aromatic rings. The lowest BCUT2D eigenvalue weighted by atomic mass is 10.2. The summed E-state index contributed by atoms with van der Waals surface area (Å²) in [6, 6.07) is 17.2. The first-order valence-corrected chi connectivity index (χ1v) is 7.59. The van der Waals surface area contributed by atoms with Crippen molar-refractivity contribution in [2.45, 2.75) is 6.61 Å². The van der Waals surface area contributed by atoms with Crippen molar-refractivity contribution in [3.05, 3.63) is 60.2 Å². The van der Waals surface area contributed by atoms with Crippen molar-refractivity contribution < 1.29 is 14.3 Å². The lowest BCUT2D eigenvalue weighted by Crippen LogP contribution is -2.33. The molecule has 130 valence electrons. The van der Waals surface area contributed by atoms with E-state index in [4.69, 9.17) is 9.47 Å². The van der Waals surface area contributed by atoms with E-state index in [1.807, 2.05) is 49.5 Å². The van der Waals surface area contributed by atoms with Crippen molar-refractivity contribution in [3.63, 3.8) is 0 Å². The summed E-state index contributed by atoms with van der Waals surface area (Å²) in [6.45, 7) is 1.85. The molecule has 0 unspecified atom stereocenters. The third kappa shape index (κ3) is 7.35. The average molecular weight is 351 g/mol. The quantitative estimate of drug-likeness (QED) is 0.682. The van der Waals surface area contributed by atoms with Gasteiger partial charge < -0.3 is 20.1 Å². The molecule has 0 aliphatic rings.